The number of fused-ring (bicyclic) bond motifs is 1. The van der Waals surface area contributed by atoms with Gasteiger partial charge in [-0.25, -0.2) is 4.98 Å². The van der Waals surface area contributed by atoms with E-state index in [0.29, 0.717) is 35.6 Å². The fourth-order valence-corrected chi connectivity index (χ4v) is 3.39. The first kappa shape index (κ1) is 18.2. The second kappa shape index (κ2) is 7.47. The van der Waals surface area contributed by atoms with E-state index in [-0.39, 0.29) is 11.8 Å². The number of H-pyrrole nitrogens is 1. The molecule has 0 bridgehead atoms. The van der Waals surface area contributed by atoms with Crippen molar-refractivity contribution in [1.29, 1.82) is 0 Å². The smallest absolute Gasteiger partial charge is 0.256 e. The molecule has 2 aliphatic rings. The number of likely N-dealkylation sites (N-methyl/N-ethyl adjacent to an activating group) is 1. The van der Waals surface area contributed by atoms with Gasteiger partial charge < -0.3 is 25.8 Å². The number of amides is 2. The number of carbonyl (C=O) groups excluding carboxylic acids is 2. The normalized spacial score (nSPS) is 16.7. The predicted octanol–water partition coefficient (Wildman–Crippen LogP) is 1.37. The van der Waals surface area contributed by atoms with Gasteiger partial charge in [-0.2, -0.15) is 0 Å². The molecular formula is C20H24N6O2. The van der Waals surface area contributed by atoms with E-state index in [1.807, 2.05) is 20.0 Å². The van der Waals surface area contributed by atoms with Crippen molar-refractivity contribution in [3.63, 3.8) is 0 Å². The molecular weight excluding hydrogens is 356 g/mol. The molecule has 4 rings (SSSR count). The molecule has 1 fully saturated rings. The zero-order chi connectivity index (χ0) is 19.7. The number of carbonyl (C=O) groups is 2. The Bertz CT molecular complexity index is 958. The van der Waals surface area contributed by atoms with Crippen molar-refractivity contribution in [2.24, 2.45) is 0 Å². The number of pyridine rings is 1. The Morgan fingerprint density at radius 2 is 2.14 bits per heavy atom. The molecule has 0 unspecified atom stereocenters. The maximum absolute atomic E-state index is 12.6. The predicted molar refractivity (Wildman–Crippen MR) is 109 cm³/mol. The van der Waals surface area contributed by atoms with Crippen molar-refractivity contribution in [3.05, 3.63) is 40.8 Å². The molecule has 1 saturated heterocycles. The number of aromatic amines is 1. The summed E-state index contributed by atoms with van der Waals surface area (Å²) in [4.78, 5) is 34.9. The zero-order valence-electron chi connectivity index (χ0n) is 16.1. The molecule has 8 nitrogen and oxygen atoms in total. The Morgan fingerprint density at radius 3 is 2.86 bits per heavy atom. The number of aromatic nitrogens is 2. The lowest BCUT2D eigenvalue weighted by atomic mass is 10.0. The average molecular weight is 380 g/mol. The van der Waals surface area contributed by atoms with Gasteiger partial charge in [0.2, 0.25) is 0 Å². The third-order valence-electron chi connectivity index (χ3n) is 5.03. The Morgan fingerprint density at radius 1 is 1.32 bits per heavy atom. The van der Waals surface area contributed by atoms with E-state index in [1.165, 1.54) is 0 Å². The fourth-order valence-electron chi connectivity index (χ4n) is 3.39. The largest absolute Gasteiger partial charge is 0.358 e. The molecule has 0 saturated carbocycles. The van der Waals surface area contributed by atoms with Gasteiger partial charge in [-0.05, 0) is 38.6 Å². The average Bonchev–Trinajstić information content (AvgIpc) is 3.14. The molecule has 0 spiro atoms. The first-order valence-electron chi connectivity index (χ1n) is 9.47. The molecule has 2 aliphatic heterocycles. The number of hydrogen-bond acceptors (Lipinski definition) is 5. The van der Waals surface area contributed by atoms with Crippen LogP contribution in [0.4, 0.5) is 11.5 Å². The summed E-state index contributed by atoms with van der Waals surface area (Å²) < 4.78 is 0. The standard InChI is InChI=1S/C20H24N6O2/c1-12-8-15(19(27)22-5-4-21-2)16(24-12)9-14-13-10-18(26-6-3-7-26)23-11-17(13)25-20(14)28/h8-11,21,24H,3-7H2,1-2H3,(H,22,27)(H,25,28)/b14-9-. The van der Waals surface area contributed by atoms with Gasteiger partial charge >= 0.3 is 0 Å². The summed E-state index contributed by atoms with van der Waals surface area (Å²) in [6.45, 7) is 5.08. The maximum atomic E-state index is 12.6. The minimum Gasteiger partial charge on any atom is -0.358 e. The van der Waals surface area contributed by atoms with Gasteiger partial charge in [-0.1, -0.05) is 0 Å². The fraction of sp³-hybridized carbons (Fsp3) is 0.350. The lowest BCUT2D eigenvalue weighted by Gasteiger charge is -2.32. The molecule has 8 heteroatoms. The Kier molecular flexibility index (Phi) is 4.87. The number of hydrogen-bond donors (Lipinski definition) is 4. The van der Waals surface area contributed by atoms with Crippen molar-refractivity contribution >= 4 is 35.0 Å². The number of rotatable bonds is 6. The number of nitrogens with one attached hydrogen (secondary N) is 4. The van der Waals surface area contributed by atoms with E-state index in [9.17, 15) is 9.59 Å². The van der Waals surface area contributed by atoms with Crippen molar-refractivity contribution in [2.45, 2.75) is 13.3 Å². The molecule has 0 atom stereocenters. The van der Waals surface area contributed by atoms with Crippen LogP contribution in [0.2, 0.25) is 0 Å². The van der Waals surface area contributed by atoms with Crippen molar-refractivity contribution in [1.82, 2.24) is 20.6 Å². The molecule has 0 aliphatic carbocycles. The van der Waals surface area contributed by atoms with Crippen LogP contribution >= 0.6 is 0 Å². The molecule has 4 heterocycles. The minimum absolute atomic E-state index is 0.166. The number of anilines is 2. The molecule has 2 amide bonds. The van der Waals surface area contributed by atoms with Gasteiger partial charge in [0.15, 0.2) is 0 Å². The van der Waals surface area contributed by atoms with Gasteiger partial charge in [-0.3, -0.25) is 9.59 Å². The van der Waals surface area contributed by atoms with Crippen LogP contribution in [-0.2, 0) is 4.79 Å². The first-order chi connectivity index (χ1) is 13.6. The van der Waals surface area contributed by atoms with Gasteiger partial charge in [0.1, 0.15) is 5.82 Å². The van der Waals surface area contributed by atoms with Crippen LogP contribution in [0.5, 0.6) is 0 Å². The highest BCUT2D eigenvalue weighted by molar-refractivity contribution is 6.35. The SMILES string of the molecule is CNCCNC(=O)c1cc(C)[nH]c1/C=C1\C(=O)Nc2cnc(N3CCC3)cc21. The van der Waals surface area contributed by atoms with Crippen LogP contribution in [0.15, 0.2) is 18.3 Å². The summed E-state index contributed by atoms with van der Waals surface area (Å²) in [7, 11) is 1.84. The monoisotopic (exact) mass is 380 g/mol. The van der Waals surface area contributed by atoms with Crippen LogP contribution < -0.4 is 20.9 Å². The molecule has 0 aromatic carbocycles. The van der Waals surface area contributed by atoms with Gasteiger partial charge in [-0.15, -0.1) is 0 Å². The third kappa shape index (κ3) is 3.38. The van der Waals surface area contributed by atoms with E-state index in [1.54, 1.807) is 18.3 Å². The molecule has 0 radical (unpaired) electrons. The quantitative estimate of drug-likeness (QED) is 0.448. The Hall–Kier alpha value is -3.13. The molecule has 2 aromatic heterocycles. The summed E-state index contributed by atoms with van der Waals surface area (Å²) >= 11 is 0. The zero-order valence-corrected chi connectivity index (χ0v) is 16.1. The lowest BCUT2D eigenvalue weighted by molar-refractivity contribution is -0.110. The van der Waals surface area contributed by atoms with Gasteiger partial charge in [0, 0.05) is 37.4 Å². The van der Waals surface area contributed by atoms with E-state index >= 15 is 0 Å². The third-order valence-corrected chi connectivity index (χ3v) is 5.03. The Balaban J connectivity index is 1.67. The summed E-state index contributed by atoms with van der Waals surface area (Å²) in [6, 6.07) is 3.74. The van der Waals surface area contributed by atoms with Crippen LogP contribution in [-0.4, -0.2) is 55.0 Å². The molecule has 4 N–H and O–H groups in total. The Labute approximate surface area is 163 Å². The highest BCUT2D eigenvalue weighted by atomic mass is 16.2. The van der Waals surface area contributed by atoms with Crippen molar-refractivity contribution in [2.75, 3.05) is 43.4 Å². The van der Waals surface area contributed by atoms with Gasteiger partial charge in [0.25, 0.3) is 11.8 Å². The molecule has 146 valence electrons. The van der Waals surface area contributed by atoms with E-state index < -0.39 is 0 Å². The highest BCUT2D eigenvalue weighted by Crippen LogP contribution is 2.35. The number of aryl methyl sites for hydroxylation is 1. The second-order valence-corrected chi connectivity index (χ2v) is 7.08. The topological polar surface area (TPSA) is 102 Å². The number of nitrogens with zero attached hydrogens (tertiary/aromatic N) is 2. The first-order valence-corrected chi connectivity index (χ1v) is 9.47. The van der Waals surface area contributed by atoms with Gasteiger partial charge in [0.05, 0.1) is 28.7 Å². The maximum Gasteiger partial charge on any atom is 0.256 e. The highest BCUT2D eigenvalue weighted by Gasteiger charge is 2.27. The van der Waals surface area contributed by atoms with E-state index in [2.05, 4.69) is 30.8 Å². The molecule has 2 aromatic rings. The summed E-state index contributed by atoms with van der Waals surface area (Å²) in [5.41, 5.74) is 4.06. The van der Waals surface area contributed by atoms with Crippen LogP contribution in [0.1, 0.15) is 33.7 Å². The second-order valence-electron chi connectivity index (χ2n) is 7.08. The summed E-state index contributed by atoms with van der Waals surface area (Å²) in [5, 5.41) is 8.73. The van der Waals surface area contributed by atoms with Crippen LogP contribution in [0, 0.1) is 6.92 Å². The van der Waals surface area contributed by atoms with Crippen molar-refractivity contribution < 1.29 is 9.59 Å². The van der Waals surface area contributed by atoms with Crippen LogP contribution in [0.25, 0.3) is 11.6 Å². The summed E-state index contributed by atoms with van der Waals surface area (Å²) in [5.74, 6) is 0.521. The van der Waals surface area contributed by atoms with E-state index in [4.69, 9.17) is 0 Å². The minimum atomic E-state index is -0.189. The van der Waals surface area contributed by atoms with E-state index in [0.717, 1.165) is 36.6 Å². The molecule has 28 heavy (non-hydrogen) atoms. The summed E-state index contributed by atoms with van der Waals surface area (Å²) in [6.07, 6.45) is 4.61. The van der Waals surface area contributed by atoms with Crippen LogP contribution in [0.3, 0.4) is 0 Å². The van der Waals surface area contributed by atoms with Crippen molar-refractivity contribution in [3.8, 4) is 0 Å². The lowest BCUT2D eigenvalue weighted by Crippen LogP contribution is -2.37.